The fourth-order valence-electron chi connectivity index (χ4n) is 9.28. The summed E-state index contributed by atoms with van der Waals surface area (Å²) in [6, 6.07) is 40.9. The minimum Gasteiger partial charge on any atom is -0.455 e. The van der Waals surface area contributed by atoms with Crippen molar-refractivity contribution in [2.24, 2.45) is 0 Å². The predicted molar refractivity (Wildman–Crippen MR) is 208 cm³/mol. The summed E-state index contributed by atoms with van der Waals surface area (Å²) >= 11 is 0. The normalized spacial score (nSPS) is 15.5. The summed E-state index contributed by atoms with van der Waals surface area (Å²) in [7, 11) is 0. The highest BCUT2D eigenvalue weighted by molar-refractivity contribution is 6.09. The van der Waals surface area contributed by atoms with E-state index in [2.05, 4.69) is 184 Å². The van der Waals surface area contributed by atoms with Gasteiger partial charge < -0.3 is 4.42 Å². The van der Waals surface area contributed by atoms with E-state index >= 15 is 0 Å². The molecular formula is C48H42N3O+3. The van der Waals surface area contributed by atoms with Gasteiger partial charge in [-0.3, -0.25) is 0 Å². The summed E-state index contributed by atoms with van der Waals surface area (Å²) < 4.78 is 14.7. The van der Waals surface area contributed by atoms with Crippen molar-refractivity contribution in [1.82, 2.24) is 0 Å². The molecule has 0 saturated heterocycles. The molecule has 0 radical (unpaired) electrons. The van der Waals surface area contributed by atoms with E-state index in [0.717, 1.165) is 33.2 Å². The Morgan fingerprint density at radius 1 is 0.577 bits per heavy atom. The first kappa shape index (κ1) is 30.9. The van der Waals surface area contributed by atoms with Crippen LogP contribution in [-0.4, -0.2) is 0 Å². The lowest BCUT2D eigenvalue weighted by atomic mass is 9.90. The lowest BCUT2D eigenvalue weighted by Gasteiger charge is -2.24. The third-order valence-corrected chi connectivity index (χ3v) is 11.7. The Morgan fingerprint density at radius 2 is 1.31 bits per heavy atom. The summed E-state index contributed by atoms with van der Waals surface area (Å²) in [6.07, 6.45) is 4.64. The number of pyridine rings is 3. The topological polar surface area (TPSA) is 24.8 Å². The smallest absolute Gasteiger partial charge is 0.455 e. The van der Waals surface area contributed by atoms with Crippen LogP contribution in [0.4, 0.5) is 0 Å². The maximum atomic E-state index is 6.97. The monoisotopic (exact) mass is 676 g/mol. The van der Waals surface area contributed by atoms with Gasteiger partial charge in [-0.1, -0.05) is 63.9 Å². The molecule has 2 aliphatic rings. The number of fused-ring (bicyclic) bond motifs is 12. The van der Waals surface area contributed by atoms with Gasteiger partial charge in [0.05, 0.1) is 22.3 Å². The number of aromatic nitrogens is 3. The Labute approximate surface area is 304 Å². The first-order valence-electron chi connectivity index (χ1n) is 18.5. The van der Waals surface area contributed by atoms with Gasteiger partial charge in [0.25, 0.3) is 0 Å². The van der Waals surface area contributed by atoms with E-state index in [-0.39, 0.29) is 0 Å². The fraction of sp³-hybridized carbons (Fsp3) is 0.188. The Morgan fingerprint density at radius 3 is 2.15 bits per heavy atom. The fourth-order valence-corrected chi connectivity index (χ4v) is 9.28. The largest absolute Gasteiger partial charge is 0.591 e. The summed E-state index contributed by atoms with van der Waals surface area (Å²) in [5.41, 5.74) is 20.1. The maximum absolute atomic E-state index is 6.97. The highest BCUT2D eigenvalue weighted by Gasteiger charge is 2.72. The lowest BCUT2D eigenvalue weighted by molar-refractivity contribution is -1.15. The van der Waals surface area contributed by atoms with Crippen LogP contribution >= 0.6 is 0 Å². The number of rotatable bonds is 3. The molecular weight excluding hydrogens is 635 g/mol. The zero-order valence-electron chi connectivity index (χ0n) is 30.9. The molecule has 2 bridgehead atoms. The molecule has 4 nitrogen and oxygen atoms in total. The highest BCUT2D eigenvalue weighted by atomic mass is 16.3. The Kier molecular flexibility index (Phi) is 6.43. The van der Waals surface area contributed by atoms with Gasteiger partial charge in [0.2, 0.25) is 22.8 Å². The van der Waals surface area contributed by atoms with Gasteiger partial charge in [0.1, 0.15) is 11.2 Å². The van der Waals surface area contributed by atoms with Crippen LogP contribution in [0, 0.1) is 34.6 Å². The minimum absolute atomic E-state index is 0.414. The van der Waals surface area contributed by atoms with Gasteiger partial charge in [-0.05, 0) is 111 Å². The van der Waals surface area contributed by atoms with Crippen molar-refractivity contribution in [3.63, 3.8) is 0 Å². The second-order valence-corrected chi connectivity index (χ2v) is 15.3. The molecule has 4 aromatic heterocycles. The molecule has 52 heavy (non-hydrogen) atoms. The third kappa shape index (κ3) is 3.95. The average Bonchev–Trinajstić information content (AvgIpc) is 3.65. The van der Waals surface area contributed by atoms with Gasteiger partial charge in [0, 0.05) is 46.7 Å². The summed E-state index contributed by atoms with van der Waals surface area (Å²) in [4.78, 5) is 0. The molecule has 0 aliphatic carbocycles. The summed E-state index contributed by atoms with van der Waals surface area (Å²) in [6.45, 7) is 15.7. The molecule has 1 atom stereocenters. The quantitative estimate of drug-likeness (QED) is 0.171. The van der Waals surface area contributed by atoms with Crippen molar-refractivity contribution in [3.8, 4) is 45.0 Å². The molecule has 252 valence electrons. The van der Waals surface area contributed by atoms with E-state index in [0.29, 0.717) is 5.92 Å². The Bertz CT molecular complexity index is 2840. The number of benzene rings is 4. The van der Waals surface area contributed by atoms with Gasteiger partial charge >= 0.3 is 5.79 Å². The van der Waals surface area contributed by atoms with Crippen LogP contribution in [0.1, 0.15) is 58.7 Å². The molecule has 4 aromatic carbocycles. The van der Waals surface area contributed by atoms with Crippen molar-refractivity contribution < 1.29 is 18.1 Å². The number of hydrogen-bond acceptors (Lipinski definition) is 1. The van der Waals surface area contributed by atoms with Crippen molar-refractivity contribution in [3.05, 3.63) is 161 Å². The molecule has 0 N–H and O–H groups in total. The summed E-state index contributed by atoms with van der Waals surface area (Å²) in [5.74, 6) is -0.433. The standard InChI is InChI=1S/C48H42N3O/c1-28(2)34-18-22-36-37-21-17-32(6)46(47(37)52-44(36)26-34)42-23-15-30(4)27-50(42)48-39-25-29(3)14-19-38(39)41-12-10-13-43(51(41)48)45-31(5)16-20-35(33(45)7)40-11-8-9-24-49(40)48/h8-28H,1-7H3/q+3/t48-/m1/s1. The van der Waals surface area contributed by atoms with Crippen molar-refractivity contribution in [1.29, 1.82) is 0 Å². The van der Waals surface area contributed by atoms with Crippen LogP contribution in [0.2, 0.25) is 0 Å². The van der Waals surface area contributed by atoms with Gasteiger partial charge in [0.15, 0.2) is 18.0 Å². The lowest BCUT2D eigenvalue weighted by Crippen LogP contribution is -2.87. The zero-order chi connectivity index (χ0) is 35.6. The molecule has 6 heterocycles. The second kappa shape index (κ2) is 10.8. The van der Waals surface area contributed by atoms with E-state index in [1.54, 1.807) is 0 Å². The highest BCUT2D eigenvalue weighted by Crippen LogP contribution is 2.44. The molecule has 0 amide bonds. The van der Waals surface area contributed by atoms with Gasteiger partial charge in [-0.25, -0.2) is 0 Å². The van der Waals surface area contributed by atoms with Crippen LogP contribution in [0.5, 0.6) is 0 Å². The van der Waals surface area contributed by atoms with Gasteiger partial charge in [-0.2, -0.15) is 0 Å². The molecule has 2 aliphatic heterocycles. The predicted octanol–water partition coefficient (Wildman–Crippen LogP) is 10.2. The van der Waals surface area contributed by atoms with E-state index < -0.39 is 5.79 Å². The first-order valence-corrected chi connectivity index (χ1v) is 18.5. The van der Waals surface area contributed by atoms with Crippen molar-refractivity contribution in [2.45, 2.75) is 60.2 Å². The molecule has 10 rings (SSSR count). The van der Waals surface area contributed by atoms with Crippen LogP contribution in [0.3, 0.4) is 0 Å². The first-order chi connectivity index (χ1) is 25.2. The van der Waals surface area contributed by atoms with E-state index in [4.69, 9.17) is 4.42 Å². The number of nitrogens with zero attached hydrogens (tertiary/aromatic N) is 3. The number of aryl methyl sites for hydroxylation is 4. The van der Waals surface area contributed by atoms with Crippen LogP contribution < -0.4 is 13.7 Å². The third-order valence-electron chi connectivity index (χ3n) is 11.7. The molecule has 0 fully saturated rings. The van der Waals surface area contributed by atoms with Gasteiger partial charge in [-0.15, -0.1) is 0 Å². The Balaban J connectivity index is 1.42. The summed E-state index contributed by atoms with van der Waals surface area (Å²) in [5, 5.41) is 2.29. The van der Waals surface area contributed by atoms with E-state index in [1.807, 2.05) is 0 Å². The number of furan rings is 1. The van der Waals surface area contributed by atoms with Crippen molar-refractivity contribution in [2.75, 3.05) is 0 Å². The van der Waals surface area contributed by atoms with E-state index in [1.165, 1.54) is 72.7 Å². The minimum atomic E-state index is -0.848. The number of hydrogen-bond donors (Lipinski definition) is 0. The van der Waals surface area contributed by atoms with Crippen molar-refractivity contribution >= 4 is 21.9 Å². The van der Waals surface area contributed by atoms with Crippen LogP contribution in [-0.2, 0) is 5.79 Å². The molecule has 0 spiro atoms. The Hall–Kier alpha value is -5.87. The zero-order valence-corrected chi connectivity index (χ0v) is 30.9. The average molecular weight is 677 g/mol. The molecule has 0 unspecified atom stereocenters. The van der Waals surface area contributed by atoms with E-state index in [9.17, 15) is 0 Å². The second-order valence-electron chi connectivity index (χ2n) is 15.3. The SMILES string of the molecule is Cc1ccc2c(c1)[C@]1([n+]3cc(C)ccc3-c3c(C)ccc4c3oc3cc(C(C)C)ccc34)[n+]3ccccc3-c3ccc(C)c(c3C)-c3cccc-2[n+]31. The molecule has 0 saturated carbocycles. The van der Waals surface area contributed by atoms with Crippen LogP contribution in [0.15, 0.2) is 126 Å². The van der Waals surface area contributed by atoms with Crippen LogP contribution in [0.25, 0.3) is 67.0 Å². The molecule has 4 heteroatoms. The molecule has 8 aromatic rings. The maximum Gasteiger partial charge on any atom is 0.591 e.